The van der Waals surface area contributed by atoms with Gasteiger partial charge >= 0.3 is 0 Å². The number of anilines is 1. The van der Waals surface area contributed by atoms with E-state index in [0.717, 1.165) is 23.7 Å². The van der Waals surface area contributed by atoms with E-state index in [-0.39, 0.29) is 5.91 Å². The van der Waals surface area contributed by atoms with Crippen LogP contribution in [0.3, 0.4) is 0 Å². The lowest BCUT2D eigenvalue weighted by molar-refractivity contribution is 0.102. The molecule has 2 aromatic carbocycles. The Balaban J connectivity index is 1.32. The molecule has 1 unspecified atom stereocenters. The molecule has 0 radical (unpaired) electrons. The number of benzene rings is 2. The molecular formula is C25H32N2O2S. The van der Waals surface area contributed by atoms with E-state index in [1.807, 2.05) is 48.2 Å². The Morgan fingerprint density at radius 2 is 1.83 bits per heavy atom. The highest BCUT2D eigenvalue weighted by atomic mass is 32.2. The van der Waals surface area contributed by atoms with Gasteiger partial charge in [0.05, 0.1) is 0 Å². The molecule has 1 amide bonds. The number of ether oxygens (including phenoxy) is 1. The Labute approximate surface area is 184 Å². The van der Waals surface area contributed by atoms with Crippen molar-refractivity contribution in [1.29, 1.82) is 0 Å². The van der Waals surface area contributed by atoms with Crippen LogP contribution in [0.15, 0.2) is 48.5 Å². The summed E-state index contributed by atoms with van der Waals surface area (Å²) in [4.78, 5) is 15.3. The lowest BCUT2D eigenvalue weighted by Crippen LogP contribution is -2.33. The van der Waals surface area contributed by atoms with Gasteiger partial charge in [0, 0.05) is 23.5 Å². The SMILES string of the molecule is O=C(Nc1ccccc1C1CCCSC1)c1ccc(OCCN2CCCCC2)cc1. The van der Waals surface area contributed by atoms with Crippen molar-refractivity contribution in [1.82, 2.24) is 4.90 Å². The number of amides is 1. The molecule has 4 nitrogen and oxygen atoms in total. The van der Waals surface area contributed by atoms with Crippen molar-refractivity contribution >= 4 is 23.4 Å². The number of nitrogens with one attached hydrogen (secondary N) is 1. The lowest BCUT2D eigenvalue weighted by atomic mass is 9.94. The fourth-order valence-electron chi connectivity index (χ4n) is 4.33. The Bertz CT molecular complexity index is 812. The molecule has 2 heterocycles. The van der Waals surface area contributed by atoms with Crippen LogP contribution in [-0.2, 0) is 0 Å². The van der Waals surface area contributed by atoms with Gasteiger partial charge in [-0.1, -0.05) is 24.6 Å². The second kappa shape index (κ2) is 10.9. The van der Waals surface area contributed by atoms with E-state index in [9.17, 15) is 4.79 Å². The molecule has 0 saturated carbocycles. The molecule has 5 heteroatoms. The number of rotatable bonds is 7. The molecular weight excluding hydrogens is 392 g/mol. The standard InChI is InChI=1S/C25H32N2O2S/c28-25(26-24-9-3-2-8-23(24)21-7-6-18-30-19-21)20-10-12-22(13-11-20)29-17-16-27-14-4-1-5-15-27/h2-3,8-13,21H,1,4-7,14-19H2,(H,26,28). The fraction of sp³-hybridized carbons (Fsp3) is 0.480. The Hall–Kier alpha value is -1.98. The molecule has 4 rings (SSSR count). The number of likely N-dealkylation sites (tertiary alicyclic amines) is 1. The zero-order valence-electron chi connectivity index (χ0n) is 17.6. The molecule has 0 aliphatic carbocycles. The van der Waals surface area contributed by atoms with Crippen LogP contribution in [-0.4, -0.2) is 48.6 Å². The summed E-state index contributed by atoms with van der Waals surface area (Å²) in [5, 5.41) is 3.13. The van der Waals surface area contributed by atoms with Crippen molar-refractivity contribution in [3.8, 4) is 5.75 Å². The van der Waals surface area contributed by atoms with Gasteiger partial charge in [0.1, 0.15) is 12.4 Å². The van der Waals surface area contributed by atoms with E-state index in [2.05, 4.69) is 22.3 Å². The largest absolute Gasteiger partial charge is 0.492 e. The van der Waals surface area contributed by atoms with Crippen molar-refractivity contribution in [2.45, 2.75) is 38.0 Å². The second-order valence-electron chi connectivity index (χ2n) is 8.23. The number of para-hydroxylation sites is 1. The molecule has 2 aliphatic rings. The zero-order chi connectivity index (χ0) is 20.6. The Kier molecular flexibility index (Phi) is 7.70. The molecule has 0 spiro atoms. The van der Waals surface area contributed by atoms with Crippen LogP contribution in [0.1, 0.15) is 53.9 Å². The van der Waals surface area contributed by atoms with Gasteiger partial charge in [0.2, 0.25) is 0 Å². The maximum Gasteiger partial charge on any atom is 0.255 e. The molecule has 1 N–H and O–H groups in total. The van der Waals surface area contributed by atoms with Gasteiger partial charge in [0.15, 0.2) is 0 Å². The summed E-state index contributed by atoms with van der Waals surface area (Å²) in [5.74, 6) is 3.67. The van der Waals surface area contributed by atoms with Crippen molar-refractivity contribution in [2.75, 3.05) is 43.1 Å². The summed E-state index contributed by atoms with van der Waals surface area (Å²) in [7, 11) is 0. The minimum absolute atomic E-state index is 0.0641. The third-order valence-electron chi connectivity index (χ3n) is 6.05. The van der Waals surface area contributed by atoms with Gasteiger partial charge in [-0.15, -0.1) is 0 Å². The zero-order valence-corrected chi connectivity index (χ0v) is 18.5. The number of hydrogen-bond acceptors (Lipinski definition) is 4. The van der Waals surface area contributed by atoms with Crippen molar-refractivity contribution in [3.05, 3.63) is 59.7 Å². The van der Waals surface area contributed by atoms with Gasteiger partial charge in [0.25, 0.3) is 5.91 Å². The average molecular weight is 425 g/mol. The Morgan fingerprint density at radius 3 is 2.60 bits per heavy atom. The normalized spacial score (nSPS) is 19.9. The van der Waals surface area contributed by atoms with Gasteiger partial charge in [-0.3, -0.25) is 9.69 Å². The summed E-state index contributed by atoms with van der Waals surface area (Å²) < 4.78 is 5.88. The number of thioether (sulfide) groups is 1. The summed E-state index contributed by atoms with van der Waals surface area (Å²) in [5.41, 5.74) is 2.86. The third-order valence-corrected chi connectivity index (χ3v) is 7.27. The number of piperidine rings is 1. The van der Waals surface area contributed by atoms with Crippen LogP contribution in [0.5, 0.6) is 5.75 Å². The summed E-state index contributed by atoms with van der Waals surface area (Å²) >= 11 is 2.01. The first-order valence-corrected chi connectivity index (χ1v) is 12.4. The topological polar surface area (TPSA) is 41.6 Å². The maximum absolute atomic E-state index is 12.8. The molecule has 2 saturated heterocycles. The third kappa shape index (κ3) is 5.79. The predicted molar refractivity (Wildman–Crippen MR) is 126 cm³/mol. The van der Waals surface area contributed by atoms with Crippen LogP contribution in [0.2, 0.25) is 0 Å². The molecule has 2 fully saturated rings. The van der Waals surface area contributed by atoms with Crippen LogP contribution in [0.4, 0.5) is 5.69 Å². The second-order valence-corrected chi connectivity index (χ2v) is 9.38. The molecule has 2 aliphatic heterocycles. The molecule has 1 atom stereocenters. The highest BCUT2D eigenvalue weighted by Gasteiger charge is 2.19. The first-order valence-electron chi connectivity index (χ1n) is 11.2. The monoisotopic (exact) mass is 424 g/mol. The van der Waals surface area contributed by atoms with E-state index in [4.69, 9.17) is 4.74 Å². The average Bonchev–Trinajstić information content (AvgIpc) is 2.81. The highest BCUT2D eigenvalue weighted by molar-refractivity contribution is 7.99. The first kappa shape index (κ1) is 21.3. The highest BCUT2D eigenvalue weighted by Crippen LogP contribution is 2.35. The minimum atomic E-state index is -0.0641. The van der Waals surface area contributed by atoms with Crippen LogP contribution < -0.4 is 10.1 Å². The van der Waals surface area contributed by atoms with Crippen LogP contribution in [0.25, 0.3) is 0 Å². The van der Waals surface area contributed by atoms with Gasteiger partial charge in [-0.25, -0.2) is 0 Å². The predicted octanol–water partition coefficient (Wildman–Crippen LogP) is 5.41. The molecule has 0 bridgehead atoms. The molecule has 2 aromatic rings. The van der Waals surface area contributed by atoms with Gasteiger partial charge < -0.3 is 10.1 Å². The quantitative estimate of drug-likeness (QED) is 0.645. The van der Waals surface area contributed by atoms with E-state index in [0.29, 0.717) is 18.1 Å². The summed E-state index contributed by atoms with van der Waals surface area (Å²) in [6, 6.07) is 15.7. The van der Waals surface area contributed by atoms with Crippen LogP contribution >= 0.6 is 11.8 Å². The lowest BCUT2D eigenvalue weighted by Gasteiger charge is -2.26. The summed E-state index contributed by atoms with van der Waals surface area (Å²) in [6.45, 7) is 4.03. The maximum atomic E-state index is 12.8. The van der Waals surface area contributed by atoms with E-state index >= 15 is 0 Å². The number of hydrogen-bond donors (Lipinski definition) is 1. The van der Waals surface area contributed by atoms with Crippen molar-refractivity contribution < 1.29 is 9.53 Å². The summed E-state index contributed by atoms with van der Waals surface area (Å²) in [6.07, 6.45) is 6.39. The minimum Gasteiger partial charge on any atom is -0.492 e. The van der Waals surface area contributed by atoms with Gasteiger partial charge in [-0.05, 0) is 86.3 Å². The first-order chi connectivity index (χ1) is 14.8. The number of nitrogens with zero attached hydrogens (tertiary/aromatic N) is 1. The smallest absolute Gasteiger partial charge is 0.255 e. The molecule has 30 heavy (non-hydrogen) atoms. The van der Waals surface area contributed by atoms with Crippen molar-refractivity contribution in [3.63, 3.8) is 0 Å². The molecule has 0 aromatic heterocycles. The van der Waals surface area contributed by atoms with Crippen molar-refractivity contribution in [2.24, 2.45) is 0 Å². The van der Waals surface area contributed by atoms with E-state index in [1.54, 1.807) is 0 Å². The number of carbonyl (C=O) groups excluding carboxylic acids is 1. The molecule has 160 valence electrons. The van der Waals surface area contributed by atoms with Gasteiger partial charge in [-0.2, -0.15) is 11.8 Å². The van der Waals surface area contributed by atoms with Crippen LogP contribution in [0, 0.1) is 0 Å². The number of carbonyl (C=O) groups is 1. The Morgan fingerprint density at radius 1 is 1.03 bits per heavy atom. The van der Waals surface area contributed by atoms with E-state index < -0.39 is 0 Å². The van der Waals surface area contributed by atoms with E-state index in [1.165, 1.54) is 56.5 Å². The fourth-order valence-corrected chi connectivity index (χ4v) is 5.49.